The highest BCUT2D eigenvalue weighted by Crippen LogP contribution is 2.28. The molecule has 0 aromatic heterocycles. The second kappa shape index (κ2) is 7.00. The van der Waals surface area contributed by atoms with Gasteiger partial charge in [-0.1, -0.05) is 41.5 Å². The summed E-state index contributed by atoms with van der Waals surface area (Å²) in [5, 5.41) is 9.37. The topological polar surface area (TPSA) is 40.5 Å². The number of hydrogen-bond donors (Lipinski definition) is 1. The van der Waals surface area contributed by atoms with Gasteiger partial charge in [-0.2, -0.15) is 0 Å². The van der Waals surface area contributed by atoms with Gasteiger partial charge in [-0.05, 0) is 18.3 Å². The molecule has 0 aromatic carbocycles. The largest absolute Gasteiger partial charge is 0.393 e. The maximum absolute atomic E-state index is 12.1. The Morgan fingerprint density at radius 3 is 2.00 bits per heavy atom. The Morgan fingerprint density at radius 2 is 1.65 bits per heavy atom. The van der Waals surface area contributed by atoms with E-state index in [1.54, 1.807) is 0 Å². The van der Waals surface area contributed by atoms with E-state index >= 15 is 0 Å². The van der Waals surface area contributed by atoms with Gasteiger partial charge in [-0.15, -0.1) is 0 Å². The number of likely N-dealkylation sites (tertiary alicyclic amines) is 1. The minimum Gasteiger partial charge on any atom is -0.393 e. The van der Waals surface area contributed by atoms with Crippen LogP contribution >= 0.6 is 0 Å². The molecule has 102 valence electrons. The van der Waals surface area contributed by atoms with E-state index in [2.05, 4.69) is 20.8 Å². The molecule has 0 saturated carbocycles. The number of rotatable bonds is 1. The number of piperidine rings is 1. The molecule has 1 N–H and O–H groups in total. The number of carbonyl (C=O) groups is 1. The third kappa shape index (κ3) is 5.07. The van der Waals surface area contributed by atoms with Crippen molar-refractivity contribution in [3.63, 3.8) is 0 Å². The summed E-state index contributed by atoms with van der Waals surface area (Å²) in [4.78, 5) is 14.0. The van der Waals surface area contributed by atoms with Crippen molar-refractivity contribution in [1.82, 2.24) is 4.90 Å². The number of hydrogen-bond acceptors (Lipinski definition) is 2. The Hall–Kier alpha value is -0.570. The standard InChI is InChI=1S/C12H23NO2.C2H6/c1-9(12(2,3)4)11(15)13-7-5-10(14)6-8-13;1-2/h9-10,14H,5-8H2,1-4H3;1-2H3. The predicted molar refractivity (Wildman–Crippen MR) is 71.8 cm³/mol. The summed E-state index contributed by atoms with van der Waals surface area (Å²) < 4.78 is 0. The second-order valence-electron chi connectivity index (χ2n) is 5.64. The minimum absolute atomic E-state index is 0.0210. The number of amides is 1. The molecule has 0 aromatic rings. The molecule has 1 atom stereocenters. The van der Waals surface area contributed by atoms with Crippen molar-refractivity contribution in [3.05, 3.63) is 0 Å². The van der Waals surface area contributed by atoms with Crippen LogP contribution in [0.2, 0.25) is 0 Å². The Labute approximate surface area is 106 Å². The SMILES string of the molecule is CC.CC(C(=O)N1CCC(O)CC1)C(C)(C)C. The molecule has 0 spiro atoms. The fourth-order valence-electron chi connectivity index (χ4n) is 1.73. The molecule has 0 bridgehead atoms. The van der Waals surface area contributed by atoms with E-state index in [4.69, 9.17) is 0 Å². The zero-order valence-electron chi connectivity index (χ0n) is 12.3. The summed E-state index contributed by atoms with van der Waals surface area (Å²) in [6.07, 6.45) is 1.24. The lowest BCUT2D eigenvalue weighted by molar-refractivity contribution is -0.140. The van der Waals surface area contributed by atoms with E-state index in [1.807, 2.05) is 25.7 Å². The van der Waals surface area contributed by atoms with Gasteiger partial charge in [-0.25, -0.2) is 0 Å². The van der Waals surface area contributed by atoms with Gasteiger partial charge in [0, 0.05) is 19.0 Å². The zero-order chi connectivity index (χ0) is 13.6. The molecule has 1 unspecified atom stereocenters. The van der Waals surface area contributed by atoms with Crippen molar-refractivity contribution in [2.24, 2.45) is 11.3 Å². The average molecular weight is 243 g/mol. The highest BCUT2D eigenvalue weighted by Gasteiger charge is 2.31. The van der Waals surface area contributed by atoms with Gasteiger partial charge in [0.1, 0.15) is 0 Å². The van der Waals surface area contributed by atoms with Crippen LogP contribution in [-0.4, -0.2) is 35.1 Å². The van der Waals surface area contributed by atoms with Crippen LogP contribution in [0.5, 0.6) is 0 Å². The van der Waals surface area contributed by atoms with E-state index in [1.165, 1.54) is 0 Å². The van der Waals surface area contributed by atoms with Crippen molar-refractivity contribution in [2.45, 2.75) is 60.5 Å². The number of nitrogens with zero attached hydrogens (tertiary/aromatic N) is 1. The summed E-state index contributed by atoms with van der Waals surface area (Å²) in [7, 11) is 0. The number of carbonyl (C=O) groups excluding carboxylic acids is 1. The van der Waals surface area contributed by atoms with Crippen LogP contribution in [-0.2, 0) is 4.79 Å². The fraction of sp³-hybridized carbons (Fsp3) is 0.929. The molecule has 1 heterocycles. The highest BCUT2D eigenvalue weighted by molar-refractivity contribution is 5.79. The predicted octanol–water partition coefficient (Wildman–Crippen LogP) is 2.68. The Morgan fingerprint density at radius 1 is 1.24 bits per heavy atom. The van der Waals surface area contributed by atoms with Crippen molar-refractivity contribution >= 4 is 5.91 Å². The van der Waals surface area contributed by atoms with Crippen molar-refractivity contribution in [1.29, 1.82) is 0 Å². The van der Waals surface area contributed by atoms with Crippen LogP contribution in [0.15, 0.2) is 0 Å². The Balaban J connectivity index is 0.00000121. The highest BCUT2D eigenvalue weighted by atomic mass is 16.3. The van der Waals surface area contributed by atoms with Crippen molar-refractivity contribution in [3.8, 4) is 0 Å². The summed E-state index contributed by atoms with van der Waals surface area (Å²) >= 11 is 0. The van der Waals surface area contributed by atoms with Crippen LogP contribution in [0.25, 0.3) is 0 Å². The Bertz CT molecular complexity index is 225. The summed E-state index contributed by atoms with van der Waals surface area (Å²) in [5.74, 6) is 0.280. The first-order valence-electron chi connectivity index (χ1n) is 6.79. The third-order valence-electron chi connectivity index (χ3n) is 3.45. The van der Waals surface area contributed by atoms with Gasteiger partial charge >= 0.3 is 0 Å². The zero-order valence-corrected chi connectivity index (χ0v) is 12.3. The van der Waals surface area contributed by atoms with Crippen LogP contribution < -0.4 is 0 Å². The van der Waals surface area contributed by atoms with E-state index in [-0.39, 0.29) is 23.3 Å². The molecule has 1 aliphatic rings. The number of aliphatic hydroxyl groups excluding tert-OH is 1. The molecule has 1 rings (SSSR count). The second-order valence-corrected chi connectivity index (χ2v) is 5.64. The van der Waals surface area contributed by atoms with Gasteiger partial charge in [0.05, 0.1) is 6.10 Å². The molecule has 1 aliphatic heterocycles. The fourth-order valence-corrected chi connectivity index (χ4v) is 1.73. The third-order valence-corrected chi connectivity index (χ3v) is 3.45. The van der Waals surface area contributed by atoms with Crippen LogP contribution in [0, 0.1) is 11.3 Å². The first-order chi connectivity index (χ1) is 7.82. The molecular weight excluding hydrogens is 214 g/mol. The molecule has 3 nitrogen and oxygen atoms in total. The average Bonchev–Trinajstić information content (AvgIpc) is 2.29. The van der Waals surface area contributed by atoms with Gasteiger partial charge in [0.15, 0.2) is 0 Å². The lowest BCUT2D eigenvalue weighted by Crippen LogP contribution is -2.45. The van der Waals surface area contributed by atoms with Crippen LogP contribution in [0.1, 0.15) is 54.4 Å². The first kappa shape index (κ1) is 16.4. The summed E-state index contributed by atoms with van der Waals surface area (Å²) in [6, 6.07) is 0. The molecule has 3 heteroatoms. The minimum atomic E-state index is -0.209. The normalized spacial score (nSPS) is 19.4. The smallest absolute Gasteiger partial charge is 0.225 e. The van der Waals surface area contributed by atoms with Crippen molar-refractivity contribution < 1.29 is 9.90 Å². The maximum Gasteiger partial charge on any atom is 0.225 e. The van der Waals surface area contributed by atoms with Crippen LogP contribution in [0.3, 0.4) is 0 Å². The molecule has 17 heavy (non-hydrogen) atoms. The quantitative estimate of drug-likeness (QED) is 0.769. The van der Waals surface area contributed by atoms with Gasteiger partial charge in [0.2, 0.25) is 5.91 Å². The molecule has 0 aliphatic carbocycles. The molecular formula is C14H29NO2. The van der Waals surface area contributed by atoms with E-state index in [9.17, 15) is 9.90 Å². The van der Waals surface area contributed by atoms with Gasteiger partial charge in [0.25, 0.3) is 0 Å². The maximum atomic E-state index is 12.1. The monoisotopic (exact) mass is 243 g/mol. The molecule has 1 amide bonds. The molecule has 0 radical (unpaired) electrons. The first-order valence-corrected chi connectivity index (χ1v) is 6.79. The molecule has 1 saturated heterocycles. The summed E-state index contributed by atoms with van der Waals surface area (Å²) in [5.41, 5.74) is 0.0210. The van der Waals surface area contributed by atoms with Crippen molar-refractivity contribution in [2.75, 3.05) is 13.1 Å². The van der Waals surface area contributed by atoms with E-state index < -0.39 is 0 Å². The van der Waals surface area contributed by atoms with E-state index in [0.717, 1.165) is 12.8 Å². The van der Waals surface area contributed by atoms with Crippen LogP contribution in [0.4, 0.5) is 0 Å². The van der Waals surface area contributed by atoms with E-state index in [0.29, 0.717) is 13.1 Å². The van der Waals surface area contributed by atoms with Gasteiger partial charge < -0.3 is 10.0 Å². The lowest BCUT2D eigenvalue weighted by atomic mass is 9.81. The Kier molecular flexibility index (Phi) is 6.76. The van der Waals surface area contributed by atoms with Gasteiger partial charge in [-0.3, -0.25) is 4.79 Å². The number of aliphatic hydroxyl groups is 1. The molecule has 1 fully saturated rings. The lowest BCUT2D eigenvalue weighted by Gasteiger charge is -2.35. The summed E-state index contributed by atoms with van der Waals surface area (Å²) in [6.45, 7) is 13.7.